The number of hydrogen-bond donors (Lipinski definition) is 1. The van der Waals surface area contributed by atoms with Crippen molar-refractivity contribution in [1.29, 1.82) is 0 Å². The van der Waals surface area contributed by atoms with Crippen molar-refractivity contribution in [2.45, 2.75) is 11.9 Å². The third kappa shape index (κ3) is 0.834. The first-order chi connectivity index (χ1) is 2.89. The SMILES string of the molecule is ClC1CCN[N]1. The summed E-state index contributed by atoms with van der Waals surface area (Å²) >= 11 is 5.48. The van der Waals surface area contributed by atoms with Gasteiger partial charge in [0, 0.05) is 6.54 Å². The molecule has 1 aliphatic heterocycles. The molecule has 1 fully saturated rings. The van der Waals surface area contributed by atoms with E-state index in [9.17, 15) is 0 Å². The first-order valence-electron chi connectivity index (χ1n) is 1.96. The van der Waals surface area contributed by atoms with Gasteiger partial charge in [0.1, 0.15) is 5.50 Å². The molecule has 1 radical (unpaired) electrons. The fourth-order valence-electron chi connectivity index (χ4n) is 0.412. The summed E-state index contributed by atoms with van der Waals surface area (Å²) in [6, 6.07) is 0. The average molecular weight is 106 g/mol. The van der Waals surface area contributed by atoms with Crippen LogP contribution in [0.4, 0.5) is 0 Å². The Kier molecular flexibility index (Phi) is 1.29. The molecule has 1 atom stereocenters. The van der Waals surface area contributed by atoms with Gasteiger partial charge in [-0.15, -0.1) is 17.0 Å². The maximum Gasteiger partial charge on any atom is 0.117 e. The van der Waals surface area contributed by atoms with Crippen molar-refractivity contribution in [3.05, 3.63) is 0 Å². The highest BCUT2D eigenvalue weighted by molar-refractivity contribution is 6.20. The van der Waals surface area contributed by atoms with E-state index in [1.165, 1.54) is 0 Å². The molecular formula is C3H6ClN2. The van der Waals surface area contributed by atoms with Gasteiger partial charge in [-0.05, 0) is 6.42 Å². The first kappa shape index (κ1) is 4.37. The van der Waals surface area contributed by atoms with Crippen molar-refractivity contribution < 1.29 is 0 Å². The topological polar surface area (TPSA) is 26.1 Å². The molecule has 35 valence electrons. The standard InChI is InChI=1S/C3H6ClN2/c4-3-1-2-5-6-3/h3,5H,1-2H2. The second-order valence-electron chi connectivity index (χ2n) is 1.26. The zero-order chi connectivity index (χ0) is 4.41. The molecular weight excluding hydrogens is 99.5 g/mol. The molecule has 1 unspecified atom stereocenters. The Morgan fingerprint density at radius 3 is 2.83 bits per heavy atom. The smallest absolute Gasteiger partial charge is 0.117 e. The monoisotopic (exact) mass is 105 g/mol. The third-order valence-corrected chi connectivity index (χ3v) is 1.04. The summed E-state index contributed by atoms with van der Waals surface area (Å²) in [6.45, 7) is 0.939. The quantitative estimate of drug-likeness (QED) is 0.342. The van der Waals surface area contributed by atoms with Gasteiger partial charge in [-0.2, -0.15) is 0 Å². The normalized spacial score (nSPS) is 34.5. The van der Waals surface area contributed by atoms with Gasteiger partial charge in [0.2, 0.25) is 0 Å². The minimum Gasteiger partial charge on any atom is -0.239 e. The van der Waals surface area contributed by atoms with Crippen LogP contribution in [0.25, 0.3) is 0 Å². The predicted molar refractivity (Wildman–Crippen MR) is 24.4 cm³/mol. The highest BCUT2D eigenvalue weighted by Gasteiger charge is 2.09. The first-order valence-corrected chi connectivity index (χ1v) is 2.40. The number of nitrogens with one attached hydrogen (secondary N) is 1. The Labute approximate surface area is 41.8 Å². The van der Waals surface area contributed by atoms with Crippen LogP contribution in [0.3, 0.4) is 0 Å². The molecule has 0 aromatic heterocycles. The summed E-state index contributed by atoms with van der Waals surface area (Å²) < 4.78 is 0. The van der Waals surface area contributed by atoms with Crippen molar-refractivity contribution in [2.75, 3.05) is 6.54 Å². The van der Waals surface area contributed by atoms with Crippen molar-refractivity contribution >= 4 is 11.6 Å². The van der Waals surface area contributed by atoms with Crippen LogP contribution in [0, 0.1) is 0 Å². The van der Waals surface area contributed by atoms with Crippen molar-refractivity contribution in [1.82, 2.24) is 10.9 Å². The lowest BCUT2D eigenvalue weighted by Crippen LogP contribution is -2.16. The molecule has 0 bridgehead atoms. The van der Waals surface area contributed by atoms with Gasteiger partial charge >= 0.3 is 0 Å². The van der Waals surface area contributed by atoms with Crippen LogP contribution >= 0.6 is 11.6 Å². The summed E-state index contributed by atoms with van der Waals surface area (Å²) in [7, 11) is 0. The number of nitrogens with zero attached hydrogens (tertiary/aromatic N) is 1. The van der Waals surface area contributed by atoms with Crippen LogP contribution in [-0.2, 0) is 0 Å². The molecule has 0 aromatic rings. The van der Waals surface area contributed by atoms with E-state index in [0.717, 1.165) is 13.0 Å². The summed E-state index contributed by atoms with van der Waals surface area (Å²) in [5.41, 5.74) is 6.55. The van der Waals surface area contributed by atoms with E-state index < -0.39 is 0 Å². The number of hydrogen-bond acceptors (Lipinski definition) is 1. The molecule has 2 nitrogen and oxygen atoms in total. The summed E-state index contributed by atoms with van der Waals surface area (Å²) in [5, 5.41) is 0. The zero-order valence-corrected chi connectivity index (χ0v) is 4.07. The minimum absolute atomic E-state index is 0.0324. The summed E-state index contributed by atoms with van der Waals surface area (Å²) in [6.07, 6.45) is 0.974. The van der Waals surface area contributed by atoms with Gasteiger partial charge in [0.25, 0.3) is 0 Å². The molecule has 1 N–H and O–H groups in total. The number of rotatable bonds is 0. The molecule has 0 amide bonds. The van der Waals surface area contributed by atoms with Crippen LogP contribution in [0.15, 0.2) is 0 Å². The van der Waals surface area contributed by atoms with Crippen LogP contribution in [0.2, 0.25) is 0 Å². The van der Waals surface area contributed by atoms with Crippen molar-refractivity contribution in [3.63, 3.8) is 0 Å². The van der Waals surface area contributed by atoms with Gasteiger partial charge in [0.15, 0.2) is 0 Å². The number of alkyl halides is 1. The van der Waals surface area contributed by atoms with E-state index in [1.54, 1.807) is 0 Å². The van der Waals surface area contributed by atoms with E-state index in [4.69, 9.17) is 11.6 Å². The van der Waals surface area contributed by atoms with Crippen LogP contribution in [0.5, 0.6) is 0 Å². The second kappa shape index (κ2) is 1.78. The second-order valence-corrected chi connectivity index (χ2v) is 1.76. The van der Waals surface area contributed by atoms with Crippen LogP contribution < -0.4 is 10.9 Å². The zero-order valence-electron chi connectivity index (χ0n) is 3.32. The maximum absolute atomic E-state index is 5.48. The molecule has 3 heteroatoms. The van der Waals surface area contributed by atoms with Crippen LogP contribution in [-0.4, -0.2) is 12.0 Å². The van der Waals surface area contributed by atoms with Crippen molar-refractivity contribution in [3.8, 4) is 0 Å². The van der Waals surface area contributed by atoms with Gasteiger partial charge in [-0.1, -0.05) is 0 Å². The lowest BCUT2D eigenvalue weighted by molar-refractivity contribution is 0.647. The fraction of sp³-hybridized carbons (Fsp3) is 1.00. The van der Waals surface area contributed by atoms with Crippen LogP contribution in [0.1, 0.15) is 6.42 Å². The third-order valence-electron chi connectivity index (χ3n) is 0.726. The average Bonchev–Trinajstić information content (AvgIpc) is 1.86. The van der Waals surface area contributed by atoms with Gasteiger partial charge in [-0.3, -0.25) is 0 Å². The largest absolute Gasteiger partial charge is 0.239 e. The Hall–Kier alpha value is 0.210. The van der Waals surface area contributed by atoms with Gasteiger partial charge in [0.05, 0.1) is 0 Å². The molecule has 0 saturated carbocycles. The van der Waals surface area contributed by atoms with Gasteiger partial charge < -0.3 is 0 Å². The molecule has 0 aromatic carbocycles. The fourth-order valence-corrected chi connectivity index (χ4v) is 0.590. The van der Waals surface area contributed by atoms with E-state index in [0.29, 0.717) is 0 Å². The molecule has 1 saturated heterocycles. The van der Waals surface area contributed by atoms with Crippen molar-refractivity contribution in [2.24, 2.45) is 0 Å². The van der Waals surface area contributed by atoms with E-state index >= 15 is 0 Å². The Balaban J connectivity index is 2.18. The van der Waals surface area contributed by atoms with E-state index in [2.05, 4.69) is 10.9 Å². The van der Waals surface area contributed by atoms with E-state index in [1.807, 2.05) is 0 Å². The molecule has 0 spiro atoms. The molecule has 1 aliphatic rings. The molecule has 6 heavy (non-hydrogen) atoms. The molecule has 1 rings (SSSR count). The minimum atomic E-state index is 0.0324. The summed E-state index contributed by atoms with van der Waals surface area (Å²) in [5.74, 6) is 0. The Morgan fingerprint density at radius 2 is 2.67 bits per heavy atom. The highest BCUT2D eigenvalue weighted by atomic mass is 35.5. The molecule has 0 aliphatic carbocycles. The predicted octanol–water partition coefficient (Wildman–Crippen LogP) is 0.0640. The lowest BCUT2D eigenvalue weighted by atomic mass is 10.5. The number of halogens is 1. The highest BCUT2D eigenvalue weighted by Crippen LogP contribution is 2.00. The van der Waals surface area contributed by atoms with Gasteiger partial charge in [-0.25, -0.2) is 5.43 Å². The Morgan fingerprint density at radius 1 is 1.83 bits per heavy atom. The Bertz CT molecular complexity index is 42.1. The summed E-state index contributed by atoms with van der Waals surface area (Å²) in [4.78, 5) is 0. The lowest BCUT2D eigenvalue weighted by Gasteiger charge is -1.87. The maximum atomic E-state index is 5.48. The van der Waals surface area contributed by atoms with E-state index in [-0.39, 0.29) is 5.50 Å². The molecule has 1 heterocycles.